The summed E-state index contributed by atoms with van der Waals surface area (Å²) < 4.78 is 9.71. The van der Waals surface area contributed by atoms with Gasteiger partial charge in [-0.3, -0.25) is 4.79 Å². The number of benzene rings is 2. The number of esters is 1. The third kappa shape index (κ3) is 4.57. The Balaban J connectivity index is 1.84. The Morgan fingerprint density at radius 2 is 1.52 bits per heavy atom. The molecule has 5 nitrogen and oxygen atoms in total. The molecule has 23 heavy (non-hydrogen) atoms. The van der Waals surface area contributed by atoms with Crippen LogP contribution in [0.1, 0.15) is 26.3 Å². The van der Waals surface area contributed by atoms with E-state index in [0.29, 0.717) is 29.8 Å². The Hall–Kier alpha value is -2.82. The summed E-state index contributed by atoms with van der Waals surface area (Å²) in [5.74, 6) is 0.232. The number of carbonyl (C=O) groups is 2. The number of amides is 1. The van der Waals surface area contributed by atoms with Crippen LogP contribution in [0.15, 0.2) is 48.5 Å². The second-order valence-corrected chi connectivity index (χ2v) is 4.92. The molecule has 0 atom stereocenters. The molecule has 0 spiro atoms. The van der Waals surface area contributed by atoms with Gasteiger partial charge in [-0.2, -0.15) is 0 Å². The van der Waals surface area contributed by atoms with Gasteiger partial charge in [-0.25, -0.2) is 4.79 Å². The van der Waals surface area contributed by atoms with Crippen LogP contribution >= 0.6 is 0 Å². The molecule has 0 aliphatic heterocycles. The molecule has 0 radical (unpaired) electrons. The normalized spacial score (nSPS) is 10.0. The minimum Gasteiger partial charge on any atom is -0.497 e. The SMILES string of the molecule is COC(=O)c1ccc(CCNC(=O)c2ccc(OC)cc2)cc1. The molecule has 2 rings (SSSR count). The fourth-order valence-electron chi connectivity index (χ4n) is 2.09. The standard InChI is InChI=1S/C18H19NO4/c1-22-16-9-7-14(8-10-16)17(20)19-12-11-13-3-5-15(6-4-13)18(21)23-2/h3-10H,11-12H2,1-2H3,(H,19,20). The lowest BCUT2D eigenvalue weighted by Gasteiger charge is -2.07. The largest absolute Gasteiger partial charge is 0.497 e. The van der Waals surface area contributed by atoms with E-state index in [1.165, 1.54) is 7.11 Å². The first-order valence-corrected chi connectivity index (χ1v) is 7.23. The van der Waals surface area contributed by atoms with Crippen molar-refractivity contribution in [3.8, 4) is 5.75 Å². The van der Waals surface area contributed by atoms with Crippen molar-refractivity contribution in [1.82, 2.24) is 5.32 Å². The van der Waals surface area contributed by atoms with Gasteiger partial charge in [0.1, 0.15) is 5.75 Å². The molecule has 0 bridgehead atoms. The summed E-state index contributed by atoms with van der Waals surface area (Å²) in [5, 5.41) is 2.86. The molecule has 2 aromatic rings. The first kappa shape index (κ1) is 16.5. The minimum atomic E-state index is -0.357. The molecule has 0 aliphatic carbocycles. The van der Waals surface area contributed by atoms with Crippen molar-refractivity contribution in [2.75, 3.05) is 20.8 Å². The van der Waals surface area contributed by atoms with Crippen LogP contribution in [0.2, 0.25) is 0 Å². The van der Waals surface area contributed by atoms with Gasteiger partial charge in [0.25, 0.3) is 5.91 Å². The van der Waals surface area contributed by atoms with Crippen molar-refractivity contribution in [2.24, 2.45) is 0 Å². The molecule has 120 valence electrons. The minimum absolute atomic E-state index is 0.126. The summed E-state index contributed by atoms with van der Waals surface area (Å²) in [4.78, 5) is 23.3. The Bertz CT molecular complexity index is 662. The number of nitrogens with one attached hydrogen (secondary N) is 1. The average molecular weight is 313 g/mol. The summed E-state index contributed by atoms with van der Waals surface area (Å²) in [6.45, 7) is 0.516. The van der Waals surface area contributed by atoms with Crippen LogP contribution in [0, 0.1) is 0 Å². The van der Waals surface area contributed by atoms with Gasteiger partial charge < -0.3 is 14.8 Å². The summed E-state index contributed by atoms with van der Waals surface area (Å²) in [6.07, 6.45) is 0.684. The van der Waals surface area contributed by atoms with E-state index in [1.54, 1.807) is 43.5 Å². The van der Waals surface area contributed by atoms with E-state index in [4.69, 9.17) is 4.74 Å². The number of ether oxygens (including phenoxy) is 2. The van der Waals surface area contributed by atoms with Crippen molar-refractivity contribution in [3.63, 3.8) is 0 Å². The molecule has 0 unspecified atom stereocenters. The van der Waals surface area contributed by atoms with Crippen molar-refractivity contribution in [3.05, 3.63) is 65.2 Å². The third-order valence-corrected chi connectivity index (χ3v) is 3.43. The Morgan fingerprint density at radius 1 is 0.913 bits per heavy atom. The van der Waals surface area contributed by atoms with Crippen LogP contribution in [-0.4, -0.2) is 32.6 Å². The molecule has 5 heteroatoms. The second-order valence-electron chi connectivity index (χ2n) is 4.92. The summed E-state index contributed by atoms with van der Waals surface area (Å²) in [7, 11) is 2.94. The van der Waals surface area contributed by atoms with Gasteiger partial charge in [-0.05, 0) is 48.4 Å². The molecule has 0 saturated carbocycles. The highest BCUT2D eigenvalue weighted by Gasteiger charge is 2.06. The molecule has 0 aliphatic rings. The second kappa shape index (κ2) is 7.98. The van der Waals surface area contributed by atoms with E-state index in [9.17, 15) is 9.59 Å². The highest BCUT2D eigenvalue weighted by atomic mass is 16.5. The van der Waals surface area contributed by atoms with Crippen LogP contribution in [0.25, 0.3) is 0 Å². The fourth-order valence-corrected chi connectivity index (χ4v) is 2.09. The highest BCUT2D eigenvalue weighted by molar-refractivity contribution is 5.94. The molecule has 0 fully saturated rings. The van der Waals surface area contributed by atoms with E-state index < -0.39 is 0 Å². The first-order chi connectivity index (χ1) is 11.1. The molecule has 0 aromatic heterocycles. The molecular formula is C18H19NO4. The lowest BCUT2D eigenvalue weighted by Crippen LogP contribution is -2.25. The molecule has 2 aromatic carbocycles. The van der Waals surface area contributed by atoms with Crippen LogP contribution in [0.5, 0.6) is 5.75 Å². The summed E-state index contributed by atoms with van der Waals surface area (Å²) >= 11 is 0. The van der Waals surface area contributed by atoms with Gasteiger partial charge >= 0.3 is 5.97 Å². The third-order valence-electron chi connectivity index (χ3n) is 3.43. The zero-order valence-corrected chi connectivity index (χ0v) is 13.2. The predicted molar refractivity (Wildman–Crippen MR) is 86.8 cm³/mol. The van der Waals surface area contributed by atoms with Crippen LogP contribution < -0.4 is 10.1 Å². The highest BCUT2D eigenvalue weighted by Crippen LogP contribution is 2.11. The van der Waals surface area contributed by atoms with E-state index >= 15 is 0 Å². The first-order valence-electron chi connectivity index (χ1n) is 7.23. The van der Waals surface area contributed by atoms with Gasteiger partial charge in [0.05, 0.1) is 19.8 Å². The molecule has 0 saturated heterocycles. The molecule has 1 N–H and O–H groups in total. The monoisotopic (exact) mass is 313 g/mol. The van der Waals surface area contributed by atoms with E-state index in [1.807, 2.05) is 12.1 Å². The van der Waals surface area contributed by atoms with Crippen LogP contribution in [0.4, 0.5) is 0 Å². The molecular weight excluding hydrogens is 294 g/mol. The summed E-state index contributed by atoms with van der Waals surface area (Å²) in [6, 6.07) is 14.1. The van der Waals surface area contributed by atoms with E-state index in [2.05, 4.69) is 10.1 Å². The van der Waals surface area contributed by atoms with Crippen LogP contribution in [0.3, 0.4) is 0 Å². The van der Waals surface area contributed by atoms with E-state index in [0.717, 1.165) is 5.56 Å². The van der Waals surface area contributed by atoms with Gasteiger partial charge in [0.15, 0.2) is 0 Å². The fraction of sp³-hybridized carbons (Fsp3) is 0.222. The number of hydrogen-bond acceptors (Lipinski definition) is 4. The zero-order valence-electron chi connectivity index (χ0n) is 13.2. The smallest absolute Gasteiger partial charge is 0.337 e. The van der Waals surface area contributed by atoms with Gasteiger partial charge in [0.2, 0.25) is 0 Å². The number of carbonyl (C=O) groups excluding carboxylic acids is 2. The molecule has 1 amide bonds. The average Bonchev–Trinajstić information content (AvgIpc) is 2.61. The summed E-state index contributed by atoms with van der Waals surface area (Å²) in [5.41, 5.74) is 2.14. The Kier molecular flexibility index (Phi) is 5.74. The van der Waals surface area contributed by atoms with Gasteiger partial charge in [0, 0.05) is 12.1 Å². The Morgan fingerprint density at radius 3 is 2.09 bits per heavy atom. The van der Waals surface area contributed by atoms with Crippen LogP contribution in [-0.2, 0) is 11.2 Å². The topological polar surface area (TPSA) is 64.6 Å². The number of methoxy groups -OCH3 is 2. The van der Waals surface area contributed by atoms with Crippen molar-refractivity contribution >= 4 is 11.9 Å². The van der Waals surface area contributed by atoms with Gasteiger partial charge in [-0.15, -0.1) is 0 Å². The lowest BCUT2D eigenvalue weighted by atomic mass is 10.1. The van der Waals surface area contributed by atoms with E-state index in [-0.39, 0.29) is 11.9 Å². The van der Waals surface area contributed by atoms with Crippen molar-refractivity contribution < 1.29 is 19.1 Å². The lowest BCUT2D eigenvalue weighted by molar-refractivity contribution is 0.0600. The number of hydrogen-bond donors (Lipinski definition) is 1. The predicted octanol–water partition coefficient (Wildman–Crippen LogP) is 2.45. The maximum atomic E-state index is 12.0. The maximum absolute atomic E-state index is 12.0. The van der Waals surface area contributed by atoms with Crippen molar-refractivity contribution in [2.45, 2.75) is 6.42 Å². The quantitative estimate of drug-likeness (QED) is 0.832. The molecule has 0 heterocycles. The Labute approximate surface area is 135 Å². The zero-order chi connectivity index (χ0) is 16.7. The van der Waals surface area contributed by atoms with Gasteiger partial charge in [-0.1, -0.05) is 12.1 Å². The van der Waals surface area contributed by atoms with Crippen molar-refractivity contribution in [1.29, 1.82) is 0 Å². The number of rotatable bonds is 6. The maximum Gasteiger partial charge on any atom is 0.337 e.